The minimum Gasteiger partial charge on any atom is -0.394 e. The molecule has 0 saturated heterocycles. The van der Waals surface area contributed by atoms with Crippen LogP contribution < -0.4 is 21.3 Å². The number of aliphatic hydroxyl groups excluding tert-OH is 2. The van der Waals surface area contributed by atoms with Gasteiger partial charge in [0.1, 0.15) is 71.9 Å². The van der Waals surface area contributed by atoms with E-state index in [1.807, 2.05) is 20.8 Å². The van der Waals surface area contributed by atoms with Crippen molar-refractivity contribution in [1.82, 2.24) is 99.8 Å². The van der Waals surface area contributed by atoms with Crippen LogP contribution in [0.5, 0.6) is 0 Å². The van der Waals surface area contributed by atoms with Crippen molar-refractivity contribution in [1.29, 1.82) is 0 Å². The van der Waals surface area contributed by atoms with Gasteiger partial charge in [-0.3, -0.25) is 0 Å². The fourth-order valence-electron chi connectivity index (χ4n) is 13.4. The molecule has 20 rings (SSSR count). The Morgan fingerprint density at radius 3 is 0.840 bits per heavy atom. The van der Waals surface area contributed by atoms with Gasteiger partial charge >= 0.3 is 0 Å². The Labute approximate surface area is 911 Å². The first-order valence-corrected chi connectivity index (χ1v) is 47.4. The highest BCUT2D eigenvalue weighted by Gasteiger charge is 2.51. The lowest BCUT2D eigenvalue weighted by Gasteiger charge is -2.17. The van der Waals surface area contributed by atoms with E-state index in [0.717, 1.165) is 71.3 Å². The molecule has 4 aromatic carbocycles. The quantitative estimate of drug-likeness (QED) is 0.00969. The molecule has 0 unspecified atom stereocenters. The van der Waals surface area contributed by atoms with E-state index in [9.17, 15) is 78.8 Å². The van der Waals surface area contributed by atoms with Crippen molar-refractivity contribution in [3.63, 3.8) is 0 Å². The number of nitrogens with zero attached hydrogens (tertiary/aromatic N) is 20. The molecule has 8 aliphatic rings. The number of halogens is 4. The third kappa shape index (κ3) is 23.8. The zero-order valence-electron chi connectivity index (χ0n) is 125. The SMILES string of the molecule is [2H]C([2H])(CO)O[C@@]1([2H])C([2H])([2H])[C@@]([2H])(n2nnc3c(N[C@]4([2H])C([2H])([2H])[C@@]4([2H])c4ccc(C)c(F)c4)nc(SCCC)nc32)[C@]([2H])(O)[C@]1([2H])O.[2H]C([2H])(O)C([2H])([2H])O[C@@]1([2H])C([2H])([2H])[C@@]([2H])(n2nnc3c(N[C@]4([2H])C([2H])([2H])[C@@]4([2H])c4ccc(C)c(F)c4)nc(SCCC)nc32)[C@]([2H])(O)[C@]1([2H])O.[2H]C([2H])(O)CO[C@@]1([2H])C([2H])([2H])[C@@]([2H])(n2nnc3c(N[C@]4([2H])C([2H])([2H])[C@@]4([2H])c4ccc(C)c(F)c4)nc(SCCC)nc32)[C@]([2H])(O)[C@]1([2H])O.[2H]C1([2H])[C@@]([2H])(Nc2nc(SCCC)nc3c2nnn3[C@]2([2H])C([2H])([2H])[C@]([2H])(OCCO)[C@@]([2H])(O)[C@@]2([2H])O)[C@]1([2H])c1ccc(C)c(F)c1. The molecule has 8 aromatic heterocycles. The number of fused-ring (bicyclic) bond motifs is 4. The minimum absolute atomic E-state index is 0.0714. The average Bonchev–Trinajstić information content (AvgIpc) is 1.47. The first kappa shape index (κ1) is 60.8. The predicted molar refractivity (Wildman–Crippen MR) is 530 cm³/mol. The molecule has 144 heavy (non-hydrogen) atoms. The Morgan fingerprint density at radius 1 is 0.347 bits per heavy atom. The molecule has 48 heteroatoms. The zero-order chi connectivity index (χ0) is 145. The summed E-state index contributed by atoms with van der Waals surface area (Å²) in [5, 5.41) is 166. The Bertz CT molecular complexity index is 9180. The highest BCUT2D eigenvalue weighted by atomic mass is 32.2. The Morgan fingerprint density at radius 2 is 0.604 bits per heavy atom. The second-order valence-electron chi connectivity index (χ2n) is 31.1. The van der Waals surface area contributed by atoms with Gasteiger partial charge in [-0.05, 0) is 148 Å². The van der Waals surface area contributed by atoms with E-state index in [1.54, 1.807) is 6.92 Å². The molecule has 8 saturated carbocycles. The lowest BCUT2D eigenvalue weighted by molar-refractivity contribution is -0.0629. The predicted octanol–water partition coefficient (Wildman–Crippen LogP) is 8.73. The van der Waals surface area contributed by atoms with Crippen molar-refractivity contribution in [2.75, 3.05) is 96.9 Å². The molecule has 0 amide bonds. The van der Waals surface area contributed by atoms with Crippen molar-refractivity contribution in [3.8, 4) is 0 Å². The number of anilines is 4. The number of ether oxygens (including phenoxy) is 4. The van der Waals surface area contributed by atoms with Crippen LogP contribution in [0.25, 0.3) is 44.7 Å². The summed E-state index contributed by atoms with van der Waals surface area (Å²) in [7, 11) is 0. The summed E-state index contributed by atoms with van der Waals surface area (Å²) in [5.74, 6) is -13.0. The van der Waals surface area contributed by atoms with Crippen LogP contribution >= 0.6 is 47.0 Å². The van der Waals surface area contributed by atoms with Crippen LogP contribution in [0.2, 0.25) is 0 Å². The monoisotopic (exact) mass is 2120 g/mol. The Kier molecular flexibility index (Phi) is 20.0. The summed E-state index contributed by atoms with van der Waals surface area (Å²) in [5.41, 5.74) is -4.56. The van der Waals surface area contributed by atoms with E-state index in [1.165, 1.54) is 76.2 Å². The average molecular weight is 2120 g/mol. The molecule has 776 valence electrons. The molecule has 40 nitrogen and oxygen atoms in total. The summed E-state index contributed by atoms with van der Waals surface area (Å²) < 4.78 is 485. The van der Waals surface area contributed by atoms with Crippen LogP contribution in [-0.2, 0) is 18.9 Å². The third-order valence-electron chi connectivity index (χ3n) is 20.9. The Balaban J connectivity index is 0.000000167. The van der Waals surface area contributed by atoms with E-state index in [4.69, 9.17) is 80.0 Å². The van der Waals surface area contributed by atoms with Gasteiger partial charge in [0.15, 0.2) is 88.6 Å². The van der Waals surface area contributed by atoms with Gasteiger partial charge in [-0.1, -0.05) is 144 Å². The highest BCUT2D eigenvalue weighted by Crippen LogP contribution is 2.50. The molecular weight excluding hydrogens is 1950 g/mol. The molecule has 8 aliphatic carbocycles. The van der Waals surface area contributed by atoms with Gasteiger partial charge < -0.3 is 101 Å². The highest BCUT2D eigenvalue weighted by molar-refractivity contribution is 7.99. The van der Waals surface area contributed by atoms with Gasteiger partial charge in [-0.2, -0.15) is 0 Å². The summed E-state index contributed by atoms with van der Waals surface area (Å²) in [6, 6.07) is -11.1. The number of aryl methyl sites for hydroxylation is 4. The maximum atomic E-state index is 14.5. The minimum atomic E-state index is -4.35. The van der Waals surface area contributed by atoms with Crippen molar-refractivity contribution in [2.24, 2.45) is 0 Å². The molecule has 8 fully saturated rings. The van der Waals surface area contributed by atoms with E-state index in [2.05, 4.69) is 107 Å². The van der Waals surface area contributed by atoms with Crippen LogP contribution in [0.15, 0.2) is 93.4 Å². The van der Waals surface area contributed by atoms with Crippen LogP contribution in [0.3, 0.4) is 0 Å². The number of hydrogen-bond donors (Lipinski definition) is 16. The summed E-state index contributed by atoms with van der Waals surface area (Å²) in [4.78, 5) is 33.9. The molecule has 0 radical (unpaired) electrons. The molecule has 0 aliphatic heterocycles. The molecule has 0 bridgehead atoms. The largest absolute Gasteiger partial charge is 0.394 e. The second-order valence-corrected chi connectivity index (χ2v) is 35.4. The lowest BCUT2D eigenvalue weighted by Crippen LogP contribution is -2.33. The molecule has 0 spiro atoms. The third-order valence-corrected chi connectivity index (χ3v) is 25.1. The van der Waals surface area contributed by atoms with E-state index in [0.29, 0.717) is 48.7 Å². The number of thioether (sulfide) groups is 4. The first-order chi connectivity index (χ1) is 87.1. The maximum Gasteiger partial charge on any atom is 0.191 e. The number of nitrogens with one attached hydrogen (secondary N) is 4. The molecule has 24 atom stereocenters. The van der Waals surface area contributed by atoms with E-state index in [-0.39, 0.29) is 83.9 Å². The van der Waals surface area contributed by atoms with E-state index < -0.39 is 340 Å². The number of aromatic nitrogens is 20. The van der Waals surface area contributed by atoms with Crippen molar-refractivity contribution < 1.29 is 164 Å². The number of rotatable bonds is 40. The van der Waals surface area contributed by atoms with Crippen LogP contribution in [0, 0.1) is 51.0 Å². The molecular formula is C96H124F4N24O16S4. The topological polar surface area (TPSA) is 554 Å². The van der Waals surface area contributed by atoms with Gasteiger partial charge in [0.25, 0.3) is 0 Å². The summed E-state index contributed by atoms with van der Waals surface area (Å²) in [6.07, 6.45) is -72.4. The fraction of sp³-hybridized carbons (Fsp3) is 0.583. The zero-order valence-corrected chi connectivity index (χ0v) is 79.8. The van der Waals surface area contributed by atoms with Crippen LogP contribution in [0.1, 0.15) is 262 Å². The Hall–Kier alpha value is -9.52. The van der Waals surface area contributed by atoms with Gasteiger partial charge in [-0.25, -0.2) is 76.2 Å². The first-order valence-electron chi connectivity index (χ1n) is 67.5. The smallest absolute Gasteiger partial charge is 0.191 e. The molecule has 8 heterocycles. The van der Waals surface area contributed by atoms with Gasteiger partial charge in [0.2, 0.25) is 0 Å². The van der Waals surface area contributed by atoms with Crippen molar-refractivity contribution in [2.45, 2.75) is 297 Å². The number of benzene rings is 4. The standard InChI is InChI=1S/4C24H31FN6O4S/c4*1-3-8-36-24-27-22(26-16-10-14(16)13-5-4-12(2)15(25)9-13)19-23(28-24)31(30-29-19)17-11-18(35-7-6-32)21(34)20(17)33/h4*4-5,9,14,16-18,20-21,32-34H,3,6-8,10-11H2,1-2H3,(H,26,27,28)/t4*14-,16+,17+,18-,20-,21+/m0000/s1/i6D2,7D2,10D2,11D2,14D,16D,17D,18D,20D,21D;7D2,10D2,11D2,14D,16D,17D,18D,20D,21D;6D2,10D2,11D2,14D,16D,17D,18D,20D,21D;10D2,11D2,14D,16D,17D,18D,20D,21D. The van der Waals surface area contributed by atoms with Crippen molar-refractivity contribution in [3.05, 3.63) is 141 Å². The fourth-order valence-corrected chi connectivity index (χ4v) is 16.2. The van der Waals surface area contributed by atoms with Crippen LogP contribution in [-0.4, -0.2) is 334 Å². The maximum absolute atomic E-state index is 14.5. The molecule has 16 N–H and O–H groups in total. The van der Waals surface area contributed by atoms with E-state index >= 15 is 0 Å². The normalized spacial score (nSPS) is 47.9. The number of hydrogen-bond acceptors (Lipinski definition) is 40. The van der Waals surface area contributed by atoms with Crippen LogP contribution in [0.4, 0.5) is 40.8 Å². The lowest BCUT2D eigenvalue weighted by atomic mass is 10.1. The number of aliphatic hydroxyl groups is 12. The summed E-state index contributed by atoms with van der Waals surface area (Å²) >= 11 is 3.96. The second kappa shape index (κ2) is 47.3. The molecule has 12 aromatic rings. The van der Waals surface area contributed by atoms with Gasteiger partial charge in [0, 0.05) is 124 Å². The summed E-state index contributed by atoms with van der Waals surface area (Å²) in [6.45, 7) is -6.17. The van der Waals surface area contributed by atoms with Gasteiger partial charge in [-0.15, -0.1) is 20.4 Å². The van der Waals surface area contributed by atoms with Gasteiger partial charge in [0.05, 0.1) is 139 Å². The van der Waals surface area contributed by atoms with Crippen molar-refractivity contribution >= 4 is 115 Å².